The molecule has 0 rings (SSSR count). The van der Waals surface area contributed by atoms with Crippen molar-refractivity contribution >= 4 is 11.9 Å². The molecule has 0 saturated heterocycles. The van der Waals surface area contributed by atoms with Crippen molar-refractivity contribution in [3.05, 3.63) is 0 Å². The number of hydrogen-bond acceptors (Lipinski definition) is 2. The third-order valence-electron chi connectivity index (χ3n) is 0.289. The Labute approximate surface area is 45.6 Å². The first-order valence-electron chi connectivity index (χ1n) is 1.84. The standard InChI is InChI=1S/C3H5N3O2/c1-2(7)5-6-3(4)8/h1H3,(H2,4,8)/b6-5+. The average Bonchev–Trinajstić information content (AvgIpc) is 1.61. The zero-order chi connectivity index (χ0) is 6.57. The average molecular weight is 115 g/mol. The first kappa shape index (κ1) is 6.74. The molecule has 0 aliphatic carbocycles. The summed E-state index contributed by atoms with van der Waals surface area (Å²) >= 11 is 0. The second-order valence-corrected chi connectivity index (χ2v) is 1.06. The maximum atomic E-state index is 9.88. The lowest BCUT2D eigenvalue weighted by atomic mass is 10.8. The van der Waals surface area contributed by atoms with E-state index in [9.17, 15) is 9.59 Å². The van der Waals surface area contributed by atoms with E-state index in [1.54, 1.807) is 0 Å². The van der Waals surface area contributed by atoms with Gasteiger partial charge in [-0.2, -0.15) is 0 Å². The minimum Gasteiger partial charge on any atom is -0.348 e. The minimum atomic E-state index is -0.958. The summed E-state index contributed by atoms with van der Waals surface area (Å²) in [5, 5.41) is 5.57. The van der Waals surface area contributed by atoms with E-state index in [4.69, 9.17) is 0 Å². The van der Waals surface area contributed by atoms with Gasteiger partial charge in [0.25, 0.3) is 5.91 Å². The smallest absolute Gasteiger partial charge is 0.348 e. The third kappa shape index (κ3) is 4.74. The predicted octanol–water partition coefficient (Wildman–Crippen LogP) is 0.0638. The molecular weight excluding hydrogens is 110 g/mol. The van der Waals surface area contributed by atoms with E-state index in [1.165, 1.54) is 6.92 Å². The predicted molar refractivity (Wildman–Crippen MR) is 25.1 cm³/mol. The molecule has 0 radical (unpaired) electrons. The molecule has 0 aliphatic heterocycles. The monoisotopic (exact) mass is 115 g/mol. The SMILES string of the molecule is CC(=O)/N=N/C(N)=O. The molecule has 0 spiro atoms. The van der Waals surface area contributed by atoms with Crippen molar-refractivity contribution in [3.63, 3.8) is 0 Å². The molecular formula is C3H5N3O2. The number of carbonyl (C=O) groups is 2. The van der Waals surface area contributed by atoms with Crippen LogP contribution in [0.15, 0.2) is 10.2 Å². The van der Waals surface area contributed by atoms with Crippen molar-refractivity contribution in [3.8, 4) is 0 Å². The molecule has 0 aromatic carbocycles. The number of hydrogen-bond donors (Lipinski definition) is 1. The first-order chi connectivity index (χ1) is 3.63. The van der Waals surface area contributed by atoms with Crippen LogP contribution in [-0.4, -0.2) is 11.9 Å². The highest BCUT2D eigenvalue weighted by Gasteiger charge is 1.86. The lowest BCUT2D eigenvalue weighted by Crippen LogP contribution is -2.02. The largest absolute Gasteiger partial charge is 0.357 e. The quantitative estimate of drug-likeness (QED) is 0.453. The maximum Gasteiger partial charge on any atom is 0.357 e. The molecule has 5 nitrogen and oxygen atoms in total. The van der Waals surface area contributed by atoms with Crippen LogP contribution in [0.3, 0.4) is 0 Å². The minimum absolute atomic E-state index is 0.538. The molecule has 0 heterocycles. The highest BCUT2D eigenvalue weighted by Crippen LogP contribution is 1.74. The van der Waals surface area contributed by atoms with Gasteiger partial charge < -0.3 is 5.73 Å². The third-order valence-corrected chi connectivity index (χ3v) is 0.289. The van der Waals surface area contributed by atoms with Crippen LogP contribution >= 0.6 is 0 Å². The zero-order valence-corrected chi connectivity index (χ0v) is 4.29. The van der Waals surface area contributed by atoms with E-state index < -0.39 is 11.9 Å². The van der Waals surface area contributed by atoms with Gasteiger partial charge in [-0.25, -0.2) is 4.79 Å². The molecule has 0 aliphatic rings. The number of carbonyl (C=O) groups excluding carboxylic acids is 2. The molecule has 5 heteroatoms. The Morgan fingerprint density at radius 2 is 1.88 bits per heavy atom. The van der Waals surface area contributed by atoms with E-state index in [1.807, 2.05) is 0 Å². The Morgan fingerprint density at radius 3 is 2.00 bits per heavy atom. The van der Waals surface area contributed by atoms with Crippen LogP contribution in [0, 0.1) is 0 Å². The fraction of sp³-hybridized carbons (Fsp3) is 0.333. The van der Waals surface area contributed by atoms with Crippen LogP contribution < -0.4 is 5.73 Å². The molecule has 0 aromatic rings. The number of amides is 3. The van der Waals surface area contributed by atoms with E-state index >= 15 is 0 Å². The summed E-state index contributed by atoms with van der Waals surface area (Å²) in [4.78, 5) is 19.6. The van der Waals surface area contributed by atoms with Gasteiger partial charge >= 0.3 is 6.03 Å². The Kier molecular flexibility index (Phi) is 2.39. The number of primary amides is 1. The summed E-state index contributed by atoms with van der Waals surface area (Å²) < 4.78 is 0. The second kappa shape index (κ2) is 2.84. The van der Waals surface area contributed by atoms with E-state index in [-0.39, 0.29) is 0 Å². The van der Waals surface area contributed by atoms with Crippen molar-refractivity contribution in [1.29, 1.82) is 0 Å². The van der Waals surface area contributed by atoms with Gasteiger partial charge in [-0.05, 0) is 0 Å². The first-order valence-corrected chi connectivity index (χ1v) is 1.84. The number of urea groups is 1. The van der Waals surface area contributed by atoms with Gasteiger partial charge in [0, 0.05) is 6.92 Å². The Bertz CT molecular complexity index is 123. The highest BCUT2D eigenvalue weighted by molar-refractivity contribution is 5.77. The zero-order valence-electron chi connectivity index (χ0n) is 4.29. The van der Waals surface area contributed by atoms with Gasteiger partial charge in [0.15, 0.2) is 0 Å². The Balaban J connectivity index is 3.67. The summed E-state index contributed by atoms with van der Waals surface area (Å²) in [7, 11) is 0. The molecule has 2 N–H and O–H groups in total. The number of azo groups is 1. The fourth-order valence-electron chi connectivity index (χ4n) is 0.120. The van der Waals surface area contributed by atoms with Gasteiger partial charge in [-0.1, -0.05) is 5.11 Å². The van der Waals surface area contributed by atoms with E-state index in [0.717, 1.165) is 0 Å². The maximum absolute atomic E-state index is 9.88. The molecule has 0 aromatic heterocycles. The summed E-state index contributed by atoms with van der Waals surface area (Å²) in [5.41, 5.74) is 4.49. The van der Waals surface area contributed by atoms with Crippen LogP contribution in [0.4, 0.5) is 4.79 Å². The van der Waals surface area contributed by atoms with Crippen LogP contribution in [0.2, 0.25) is 0 Å². The topological polar surface area (TPSA) is 84.9 Å². The number of rotatable bonds is 0. The Hall–Kier alpha value is -1.26. The fourth-order valence-corrected chi connectivity index (χ4v) is 0.120. The molecule has 44 valence electrons. The van der Waals surface area contributed by atoms with Gasteiger partial charge in [0.1, 0.15) is 0 Å². The number of nitrogens with two attached hydrogens (primary N) is 1. The normalized spacial score (nSPS) is 9.62. The van der Waals surface area contributed by atoms with Crippen LogP contribution in [-0.2, 0) is 4.79 Å². The molecule has 0 unspecified atom stereocenters. The molecule has 8 heavy (non-hydrogen) atoms. The lowest BCUT2D eigenvalue weighted by molar-refractivity contribution is -0.116. The lowest BCUT2D eigenvalue weighted by Gasteiger charge is -1.74. The molecule has 0 fully saturated rings. The molecule has 3 amide bonds. The van der Waals surface area contributed by atoms with Gasteiger partial charge in [0.05, 0.1) is 0 Å². The Morgan fingerprint density at radius 1 is 1.38 bits per heavy atom. The molecule has 0 atom stereocenters. The van der Waals surface area contributed by atoms with E-state index in [2.05, 4.69) is 16.0 Å². The van der Waals surface area contributed by atoms with Crippen LogP contribution in [0.25, 0.3) is 0 Å². The van der Waals surface area contributed by atoms with Crippen molar-refractivity contribution < 1.29 is 9.59 Å². The summed E-state index contributed by atoms with van der Waals surface area (Å²) in [6.45, 7) is 1.17. The second-order valence-electron chi connectivity index (χ2n) is 1.06. The highest BCUT2D eigenvalue weighted by atomic mass is 16.2. The van der Waals surface area contributed by atoms with Gasteiger partial charge in [-0.3, -0.25) is 4.79 Å². The summed E-state index contributed by atoms with van der Waals surface area (Å²) in [5.74, 6) is -0.538. The summed E-state index contributed by atoms with van der Waals surface area (Å²) in [6.07, 6.45) is 0. The van der Waals surface area contributed by atoms with Gasteiger partial charge in [0.2, 0.25) is 0 Å². The van der Waals surface area contributed by atoms with E-state index in [0.29, 0.717) is 0 Å². The van der Waals surface area contributed by atoms with Crippen molar-refractivity contribution in [2.45, 2.75) is 6.92 Å². The van der Waals surface area contributed by atoms with Crippen molar-refractivity contribution in [1.82, 2.24) is 0 Å². The number of nitrogens with zero attached hydrogens (tertiary/aromatic N) is 2. The van der Waals surface area contributed by atoms with Crippen LogP contribution in [0.5, 0.6) is 0 Å². The van der Waals surface area contributed by atoms with Crippen molar-refractivity contribution in [2.75, 3.05) is 0 Å². The summed E-state index contributed by atoms with van der Waals surface area (Å²) in [6, 6.07) is -0.958. The molecule has 0 bridgehead atoms. The molecule has 0 saturated carbocycles. The van der Waals surface area contributed by atoms with Crippen molar-refractivity contribution in [2.24, 2.45) is 16.0 Å². The van der Waals surface area contributed by atoms with Gasteiger partial charge in [-0.15, -0.1) is 5.11 Å². The van der Waals surface area contributed by atoms with Crippen LogP contribution in [0.1, 0.15) is 6.92 Å².